The zero-order valence-electron chi connectivity index (χ0n) is 18.9. The van der Waals surface area contributed by atoms with Crippen LogP contribution in [0.3, 0.4) is 0 Å². The van der Waals surface area contributed by atoms with Gasteiger partial charge in [0.2, 0.25) is 5.91 Å². The van der Waals surface area contributed by atoms with Crippen molar-refractivity contribution in [1.82, 2.24) is 20.4 Å². The molecular formula is C23H39N5O. The average molecular weight is 402 g/mol. The molecule has 6 heteroatoms. The highest BCUT2D eigenvalue weighted by molar-refractivity contribution is 5.81. The standard InChI is InChI=1S/C23H39N5O/c1-6-24-23(26-12-10-20-16-18(2)15-19(3)17-20)25-11-8-14-28-13-7-9-21(28)22(29)27(4)5/h15-17,21H,6-14H2,1-5H3,(H2,24,25,26). The smallest absolute Gasteiger partial charge is 0.239 e. The van der Waals surface area contributed by atoms with Crippen LogP contribution in [0.1, 0.15) is 42.9 Å². The summed E-state index contributed by atoms with van der Waals surface area (Å²) in [7, 11) is 3.69. The molecule has 162 valence electrons. The van der Waals surface area contributed by atoms with Crippen molar-refractivity contribution in [1.29, 1.82) is 0 Å². The first-order valence-corrected chi connectivity index (χ1v) is 10.9. The van der Waals surface area contributed by atoms with Gasteiger partial charge in [-0.05, 0) is 58.6 Å². The number of nitrogens with one attached hydrogen (secondary N) is 2. The maximum absolute atomic E-state index is 12.3. The summed E-state index contributed by atoms with van der Waals surface area (Å²) in [6.45, 7) is 10.8. The zero-order valence-corrected chi connectivity index (χ0v) is 18.9. The number of benzene rings is 1. The fourth-order valence-corrected chi connectivity index (χ4v) is 4.02. The molecule has 0 spiro atoms. The van der Waals surface area contributed by atoms with Crippen LogP contribution in [-0.4, -0.2) is 74.5 Å². The van der Waals surface area contributed by atoms with Crippen molar-refractivity contribution in [3.8, 4) is 0 Å². The Kier molecular flexibility index (Phi) is 9.45. The first-order chi connectivity index (χ1) is 13.9. The topological polar surface area (TPSA) is 60.0 Å². The first kappa shape index (κ1) is 23.2. The molecule has 6 nitrogen and oxygen atoms in total. The zero-order chi connectivity index (χ0) is 21.2. The van der Waals surface area contributed by atoms with Gasteiger partial charge in [0.05, 0.1) is 6.04 Å². The molecule has 2 N–H and O–H groups in total. The molecule has 0 saturated carbocycles. The van der Waals surface area contributed by atoms with Crippen LogP contribution in [0.25, 0.3) is 0 Å². The third kappa shape index (κ3) is 7.69. The van der Waals surface area contributed by atoms with E-state index in [9.17, 15) is 4.79 Å². The molecule has 0 bridgehead atoms. The van der Waals surface area contributed by atoms with Gasteiger partial charge in [0.1, 0.15) is 0 Å². The lowest BCUT2D eigenvalue weighted by atomic mass is 10.1. The minimum atomic E-state index is 0.0538. The summed E-state index contributed by atoms with van der Waals surface area (Å²) in [6, 6.07) is 6.76. The Bertz CT molecular complexity index is 666. The van der Waals surface area contributed by atoms with Gasteiger partial charge in [-0.3, -0.25) is 14.7 Å². The second-order valence-electron chi connectivity index (χ2n) is 8.21. The lowest BCUT2D eigenvalue weighted by Gasteiger charge is -2.25. The van der Waals surface area contributed by atoms with Crippen LogP contribution < -0.4 is 10.6 Å². The van der Waals surface area contributed by atoms with Crippen LogP contribution >= 0.6 is 0 Å². The molecule has 1 fully saturated rings. The first-order valence-electron chi connectivity index (χ1n) is 10.9. The van der Waals surface area contributed by atoms with E-state index in [4.69, 9.17) is 4.99 Å². The number of hydrogen-bond acceptors (Lipinski definition) is 3. The molecule has 1 aliphatic rings. The van der Waals surface area contributed by atoms with Crippen LogP contribution in [0.15, 0.2) is 23.2 Å². The highest BCUT2D eigenvalue weighted by Gasteiger charge is 2.30. The van der Waals surface area contributed by atoms with Crippen LogP contribution in [0.4, 0.5) is 0 Å². The maximum atomic E-state index is 12.3. The number of likely N-dealkylation sites (N-methyl/N-ethyl adjacent to an activating group) is 1. The van der Waals surface area contributed by atoms with Gasteiger partial charge in [-0.2, -0.15) is 0 Å². The molecule has 29 heavy (non-hydrogen) atoms. The monoisotopic (exact) mass is 401 g/mol. The fourth-order valence-electron chi connectivity index (χ4n) is 4.02. The van der Waals surface area contributed by atoms with Crippen LogP contribution in [-0.2, 0) is 11.2 Å². The number of nitrogens with zero attached hydrogens (tertiary/aromatic N) is 3. The summed E-state index contributed by atoms with van der Waals surface area (Å²) in [5.41, 5.74) is 3.98. The molecular weight excluding hydrogens is 362 g/mol. The third-order valence-corrected chi connectivity index (χ3v) is 5.29. The largest absolute Gasteiger partial charge is 0.357 e. The van der Waals surface area contributed by atoms with Crippen molar-refractivity contribution in [2.24, 2.45) is 4.99 Å². The molecule has 2 rings (SSSR count). The normalized spacial score (nSPS) is 17.4. The summed E-state index contributed by atoms with van der Waals surface area (Å²) in [5.74, 6) is 1.10. The van der Waals surface area contributed by atoms with Gasteiger partial charge in [-0.25, -0.2) is 0 Å². The van der Waals surface area contributed by atoms with Crippen molar-refractivity contribution >= 4 is 11.9 Å². The molecule has 1 heterocycles. The van der Waals surface area contributed by atoms with Crippen LogP contribution in [0, 0.1) is 13.8 Å². The minimum Gasteiger partial charge on any atom is -0.357 e. The molecule has 1 amide bonds. The number of carbonyl (C=O) groups is 1. The van der Waals surface area contributed by atoms with Gasteiger partial charge in [0, 0.05) is 40.3 Å². The Morgan fingerprint density at radius 2 is 1.93 bits per heavy atom. The number of rotatable bonds is 9. The van der Waals surface area contributed by atoms with Gasteiger partial charge >= 0.3 is 0 Å². The van der Waals surface area contributed by atoms with Gasteiger partial charge in [-0.15, -0.1) is 0 Å². The number of amides is 1. The van der Waals surface area contributed by atoms with E-state index in [1.165, 1.54) is 16.7 Å². The van der Waals surface area contributed by atoms with E-state index in [1.807, 2.05) is 14.1 Å². The van der Waals surface area contributed by atoms with Gasteiger partial charge in [0.15, 0.2) is 5.96 Å². The number of aryl methyl sites for hydroxylation is 2. The molecule has 1 aromatic rings. The maximum Gasteiger partial charge on any atom is 0.239 e. The molecule has 1 aliphatic heterocycles. The van der Waals surface area contributed by atoms with E-state index in [-0.39, 0.29) is 11.9 Å². The van der Waals surface area contributed by atoms with Crippen molar-refractivity contribution in [2.45, 2.75) is 52.5 Å². The van der Waals surface area contributed by atoms with E-state index in [1.54, 1.807) is 4.90 Å². The molecule has 0 radical (unpaired) electrons. The predicted octanol–water partition coefficient (Wildman–Crippen LogP) is 2.34. The number of hydrogen-bond donors (Lipinski definition) is 2. The Morgan fingerprint density at radius 1 is 1.21 bits per heavy atom. The highest BCUT2D eigenvalue weighted by Crippen LogP contribution is 2.18. The predicted molar refractivity (Wildman–Crippen MR) is 122 cm³/mol. The average Bonchev–Trinajstić information content (AvgIpc) is 3.12. The van der Waals surface area contributed by atoms with Gasteiger partial charge in [-0.1, -0.05) is 29.3 Å². The van der Waals surface area contributed by atoms with E-state index < -0.39 is 0 Å². The van der Waals surface area contributed by atoms with Crippen molar-refractivity contribution in [3.63, 3.8) is 0 Å². The Morgan fingerprint density at radius 3 is 2.59 bits per heavy atom. The second kappa shape index (κ2) is 11.8. The summed E-state index contributed by atoms with van der Waals surface area (Å²) < 4.78 is 0. The number of likely N-dealkylation sites (tertiary alicyclic amines) is 1. The van der Waals surface area contributed by atoms with E-state index in [0.29, 0.717) is 0 Å². The van der Waals surface area contributed by atoms with Gasteiger partial charge < -0.3 is 15.5 Å². The van der Waals surface area contributed by atoms with Crippen LogP contribution in [0.5, 0.6) is 0 Å². The molecule has 0 aliphatic carbocycles. The Hall–Kier alpha value is -2.08. The Labute approximate surface area is 176 Å². The lowest BCUT2D eigenvalue weighted by molar-refractivity contribution is -0.133. The van der Waals surface area contributed by atoms with Gasteiger partial charge in [0.25, 0.3) is 0 Å². The SMILES string of the molecule is CCNC(=NCCCN1CCCC1C(=O)N(C)C)NCCc1cc(C)cc(C)c1. The quantitative estimate of drug-likeness (QED) is 0.379. The van der Waals surface area contributed by atoms with Crippen molar-refractivity contribution in [2.75, 3.05) is 46.8 Å². The molecule has 1 saturated heterocycles. The number of carbonyl (C=O) groups excluding carboxylic acids is 1. The third-order valence-electron chi connectivity index (χ3n) is 5.29. The van der Waals surface area contributed by atoms with Crippen molar-refractivity contribution in [3.05, 3.63) is 34.9 Å². The summed E-state index contributed by atoms with van der Waals surface area (Å²) in [5, 5.41) is 6.77. The summed E-state index contributed by atoms with van der Waals surface area (Å²) in [6.07, 6.45) is 4.03. The molecule has 1 aromatic carbocycles. The minimum absolute atomic E-state index is 0.0538. The van der Waals surface area contributed by atoms with Crippen molar-refractivity contribution < 1.29 is 4.79 Å². The fraction of sp³-hybridized carbons (Fsp3) is 0.652. The van der Waals surface area contributed by atoms with Crippen LogP contribution in [0.2, 0.25) is 0 Å². The summed E-state index contributed by atoms with van der Waals surface area (Å²) >= 11 is 0. The number of guanidine groups is 1. The van der Waals surface area contributed by atoms with E-state index in [2.05, 4.69) is 54.5 Å². The van der Waals surface area contributed by atoms with E-state index in [0.717, 1.165) is 64.4 Å². The molecule has 1 unspecified atom stereocenters. The number of aliphatic imine (C=N–C) groups is 1. The summed E-state index contributed by atoms with van der Waals surface area (Å²) in [4.78, 5) is 21.0. The lowest BCUT2D eigenvalue weighted by Crippen LogP contribution is -2.43. The highest BCUT2D eigenvalue weighted by atomic mass is 16.2. The molecule has 1 atom stereocenters. The Balaban J connectivity index is 1.77. The van der Waals surface area contributed by atoms with E-state index >= 15 is 0 Å². The second-order valence-corrected chi connectivity index (χ2v) is 8.21. The molecule has 0 aromatic heterocycles.